The maximum Gasteiger partial charge on any atom is 0.122 e. The third kappa shape index (κ3) is 3.45. The van der Waals surface area contributed by atoms with E-state index in [9.17, 15) is 5.11 Å². The lowest BCUT2D eigenvalue weighted by atomic mass is 9.94. The summed E-state index contributed by atoms with van der Waals surface area (Å²) >= 11 is 0. The van der Waals surface area contributed by atoms with Crippen LogP contribution in [-0.4, -0.2) is 24.3 Å². The third-order valence-corrected chi connectivity index (χ3v) is 3.09. The molecular weight excluding hydrogens is 228 g/mol. The van der Waals surface area contributed by atoms with Gasteiger partial charge in [0.25, 0.3) is 0 Å². The summed E-state index contributed by atoms with van der Waals surface area (Å²) in [4.78, 5) is 0. The van der Waals surface area contributed by atoms with Crippen molar-refractivity contribution >= 4 is 0 Å². The van der Waals surface area contributed by atoms with E-state index < -0.39 is 6.10 Å². The molecule has 0 saturated heterocycles. The molecule has 0 amide bonds. The van der Waals surface area contributed by atoms with Crippen molar-refractivity contribution in [1.82, 2.24) is 0 Å². The number of aryl methyl sites for hydroxylation is 2. The van der Waals surface area contributed by atoms with Crippen LogP contribution < -0.4 is 16.2 Å². The summed E-state index contributed by atoms with van der Waals surface area (Å²) in [6.45, 7) is 6.99. The van der Waals surface area contributed by atoms with Gasteiger partial charge in [0.2, 0.25) is 0 Å². The van der Waals surface area contributed by atoms with Gasteiger partial charge in [-0.3, -0.25) is 0 Å². The van der Waals surface area contributed by atoms with E-state index in [4.69, 9.17) is 16.2 Å². The van der Waals surface area contributed by atoms with Crippen LogP contribution in [0.5, 0.6) is 5.75 Å². The number of aliphatic hydroxyl groups is 1. The van der Waals surface area contributed by atoms with Crippen LogP contribution in [0.15, 0.2) is 12.1 Å². The van der Waals surface area contributed by atoms with Gasteiger partial charge < -0.3 is 21.3 Å². The molecule has 0 aliphatic heterocycles. The number of aliphatic hydroxyl groups excluding tert-OH is 1. The smallest absolute Gasteiger partial charge is 0.122 e. The molecule has 0 fully saturated rings. The van der Waals surface area contributed by atoms with E-state index in [2.05, 4.69) is 0 Å². The average molecular weight is 252 g/mol. The van der Waals surface area contributed by atoms with Crippen molar-refractivity contribution in [2.24, 2.45) is 11.5 Å². The normalized spacial score (nSPS) is 14.3. The summed E-state index contributed by atoms with van der Waals surface area (Å²) < 4.78 is 5.53. The van der Waals surface area contributed by atoms with E-state index in [1.807, 2.05) is 32.9 Å². The Kier molecular flexibility index (Phi) is 5.59. The van der Waals surface area contributed by atoms with E-state index in [1.165, 1.54) is 0 Å². The van der Waals surface area contributed by atoms with Gasteiger partial charge in [0.05, 0.1) is 12.7 Å². The molecule has 2 unspecified atom stereocenters. The maximum atomic E-state index is 10.2. The van der Waals surface area contributed by atoms with Gasteiger partial charge in [-0.2, -0.15) is 0 Å². The van der Waals surface area contributed by atoms with E-state index in [1.54, 1.807) is 0 Å². The van der Waals surface area contributed by atoms with Gasteiger partial charge in [-0.05, 0) is 62.6 Å². The average Bonchev–Trinajstić information content (AvgIpc) is 2.33. The molecule has 4 heteroatoms. The molecule has 1 rings (SSSR count). The van der Waals surface area contributed by atoms with Crippen molar-refractivity contribution in [3.05, 3.63) is 28.8 Å². The summed E-state index contributed by atoms with van der Waals surface area (Å²) in [5.41, 5.74) is 14.2. The van der Waals surface area contributed by atoms with Gasteiger partial charge in [-0.15, -0.1) is 0 Å². The van der Waals surface area contributed by atoms with Crippen LogP contribution in [0, 0.1) is 13.8 Å². The molecule has 1 aromatic rings. The van der Waals surface area contributed by atoms with Crippen LogP contribution in [0.25, 0.3) is 0 Å². The minimum absolute atomic E-state index is 0.328. The molecule has 0 heterocycles. The van der Waals surface area contributed by atoms with E-state index in [0.29, 0.717) is 19.6 Å². The number of hydrogen-bond donors (Lipinski definition) is 3. The molecule has 2 atom stereocenters. The molecule has 0 aliphatic rings. The fourth-order valence-electron chi connectivity index (χ4n) is 2.02. The van der Waals surface area contributed by atoms with Crippen LogP contribution in [0.4, 0.5) is 0 Å². The zero-order chi connectivity index (χ0) is 13.7. The molecule has 0 spiro atoms. The molecule has 102 valence electrons. The first-order chi connectivity index (χ1) is 8.51. The summed E-state index contributed by atoms with van der Waals surface area (Å²) in [5, 5.41) is 10.2. The van der Waals surface area contributed by atoms with Crippen molar-refractivity contribution in [3.63, 3.8) is 0 Å². The zero-order valence-corrected chi connectivity index (χ0v) is 11.4. The van der Waals surface area contributed by atoms with Crippen molar-refractivity contribution in [2.45, 2.75) is 39.3 Å². The maximum absolute atomic E-state index is 10.2. The topological polar surface area (TPSA) is 81.5 Å². The van der Waals surface area contributed by atoms with Gasteiger partial charge in [0.15, 0.2) is 0 Å². The zero-order valence-electron chi connectivity index (χ0n) is 11.4. The molecule has 5 N–H and O–H groups in total. The number of benzene rings is 1. The van der Waals surface area contributed by atoms with Gasteiger partial charge in [0.1, 0.15) is 5.75 Å². The van der Waals surface area contributed by atoms with Crippen LogP contribution in [0.3, 0.4) is 0 Å². The molecule has 1 aromatic carbocycles. The molecule has 0 saturated carbocycles. The highest BCUT2D eigenvalue weighted by atomic mass is 16.5. The van der Waals surface area contributed by atoms with Gasteiger partial charge >= 0.3 is 0 Å². The fraction of sp³-hybridized carbons (Fsp3) is 0.571. The Morgan fingerprint density at radius 1 is 1.28 bits per heavy atom. The Morgan fingerprint density at radius 2 is 1.94 bits per heavy atom. The summed E-state index contributed by atoms with van der Waals surface area (Å²) in [6.07, 6.45) is -0.0738. The van der Waals surface area contributed by atoms with Crippen LogP contribution in [0.1, 0.15) is 36.1 Å². The first kappa shape index (κ1) is 15.0. The highest BCUT2D eigenvalue weighted by molar-refractivity contribution is 5.42. The van der Waals surface area contributed by atoms with Crippen LogP contribution >= 0.6 is 0 Å². The van der Waals surface area contributed by atoms with Crippen LogP contribution in [-0.2, 0) is 0 Å². The van der Waals surface area contributed by atoms with E-state index in [-0.39, 0.29) is 6.04 Å². The minimum atomic E-state index is -0.678. The van der Waals surface area contributed by atoms with Gasteiger partial charge in [0, 0.05) is 6.04 Å². The molecule has 0 aromatic heterocycles. The predicted molar refractivity (Wildman–Crippen MR) is 73.7 cm³/mol. The molecule has 4 nitrogen and oxygen atoms in total. The second-order valence-electron chi connectivity index (χ2n) is 4.59. The largest absolute Gasteiger partial charge is 0.494 e. The standard InChI is InChI=1S/C14H24N2O2/c1-4-18-13-8-9(2)11(7-10(13)3)14(17)12(16)5-6-15/h7-8,12,14,17H,4-6,15-16H2,1-3H3. The molecule has 0 radical (unpaired) electrons. The summed E-state index contributed by atoms with van der Waals surface area (Å²) in [6, 6.07) is 3.57. The monoisotopic (exact) mass is 252 g/mol. The van der Waals surface area contributed by atoms with E-state index >= 15 is 0 Å². The van der Waals surface area contributed by atoms with Gasteiger partial charge in [-0.25, -0.2) is 0 Å². The fourth-order valence-corrected chi connectivity index (χ4v) is 2.02. The van der Waals surface area contributed by atoms with E-state index in [0.717, 1.165) is 22.4 Å². The second kappa shape index (κ2) is 6.73. The predicted octanol–water partition coefficient (Wildman–Crippen LogP) is 1.41. The number of ether oxygens (including phenoxy) is 1. The Hall–Kier alpha value is -1.10. The third-order valence-electron chi connectivity index (χ3n) is 3.09. The SMILES string of the molecule is CCOc1cc(C)c(C(O)C(N)CCN)cc1C. The summed E-state index contributed by atoms with van der Waals surface area (Å²) in [5.74, 6) is 0.860. The molecule has 18 heavy (non-hydrogen) atoms. The number of nitrogens with two attached hydrogens (primary N) is 2. The lowest BCUT2D eigenvalue weighted by molar-refractivity contribution is 0.142. The second-order valence-corrected chi connectivity index (χ2v) is 4.59. The quantitative estimate of drug-likeness (QED) is 0.715. The number of hydrogen-bond acceptors (Lipinski definition) is 4. The Balaban J connectivity index is 2.99. The molecular formula is C14H24N2O2. The van der Waals surface area contributed by atoms with Crippen LogP contribution in [0.2, 0.25) is 0 Å². The number of rotatable bonds is 6. The Bertz CT molecular complexity index is 394. The van der Waals surface area contributed by atoms with Crippen molar-refractivity contribution < 1.29 is 9.84 Å². The summed E-state index contributed by atoms with van der Waals surface area (Å²) in [7, 11) is 0. The minimum Gasteiger partial charge on any atom is -0.494 e. The Labute approximate surface area is 109 Å². The van der Waals surface area contributed by atoms with Gasteiger partial charge in [-0.1, -0.05) is 0 Å². The lowest BCUT2D eigenvalue weighted by Crippen LogP contribution is -2.31. The van der Waals surface area contributed by atoms with Crippen molar-refractivity contribution in [3.8, 4) is 5.75 Å². The highest BCUT2D eigenvalue weighted by Gasteiger charge is 2.19. The molecule has 0 aliphatic carbocycles. The first-order valence-electron chi connectivity index (χ1n) is 6.38. The van der Waals surface area contributed by atoms with Crippen molar-refractivity contribution in [1.29, 1.82) is 0 Å². The first-order valence-corrected chi connectivity index (χ1v) is 6.38. The Morgan fingerprint density at radius 3 is 2.50 bits per heavy atom. The highest BCUT2D eigenvalue weighted by Crippen LogP contribution is 2.28. The lowest BCUT2D eigenvalue weighted by Gasteiger charge is -2.22. The van der Waals surface area contributed by atoms with Crippen molar-refractivity contribution in [2.75, 3.05) is 13.2 Å². The molecule has 0 bridgehead atoms.